The number of carbonyl (C=O) groups excluding carboxylic acids is 3. The number of aromatic nitrogens is 1. The Labute approximate surface area is 252 Å². The van der Waals surface area contributed by atoms with E-state index in [-0.39, 0.29) is 37.8 Å². The predicted molar refractivity (Wildman–Crippen MR) is 163 cm³/mol. The van der Waals surface area contributed by atoms with Crippen molar-refractivity contribution in [3.63, 3.8) is 0 Å². The van der Waals surface area contributed by atoms with Crippen LogP contribution in [0.5, 0.6) is 0 Å². The highest BCUT2D eigenvalue weighted by Crippen LogP contribution is 2.27. The number of rotatable bonds is 13. The van der Waals surface area contributed by atoms with Gasteiger partial charge in [-0.25, -0.2) is 4.79 Å². The number of fused-ring (bicyclic) bond motifs is 1. The molecule has 0 spiro atoms. The van der Waals surface area contributed by atoms with E-state index in [2.05, 4.69) is 27.9 Å². The fraction of sp³-hybridized carbons (Fsp3) is 0.455. The molecule has 230 valence electrons. The summed E-state index contributed by atoms with van der Waals surface area (Å²) in [5.74, 6) is -1.65. The zero-order valence-electron chi connectivity index (χ0n) is 24.9. The number of aromatic amines is 1. The van der Waals surface area contributed by atoms with Crippen molar-refractivity contribution in [2.75, 3.05) is 6.54 Å². The van der Waals surface area contributed by atoms with E-state index < -0.39 is 35.5 Å². The zero-order valence-corrected chi connectivity index (χ0v) is 24.9. The van der Waals surface area contributed by atoms with Crippen LogP contribution in [0.25, 0.3) is 10.9 Å². The fourth-order valence-corrected chi connectivity index (χ4v) is 5.65. The number of ether oxygens (including phenoxy) is 1. The first kappa shape index (κ1) is 31.6. The molecule has 3 aromatic rings. The van der Waals surface area contributed by atoms with Crippen LogP contribution in [0.3, 0.4) is 0 Å². The summed E-state index contributed by atoms with van der Waals surface area (Å²) in [6.45, 7) is 3.85. The van der Waals surface area contributed by atoms with Gasteiger partial charge in [-0.05, 0) is 55.7 Å². The van der Waals surface area contributed by atoms with Crippen LogP contribution in [0.2, 0.25) is 0 Å². The number of hydrogen-bond acceptors (Lipinski definition) is 5. The molecule has 1 aliphatic carbocycles. The number of carbonyl (C=O) groups is 4. The lowest BCUT2D eigenvalue weighted by Gasteiger charge is -2.34. The Kier molecular flexibility index (Phi) is 10.8. The predicted octanol–water partition coefficient (Wildman–Crippen LogP) is 4.48. The van der Waals surface area contributed by atoms with E-state index in [4.69, 9.17) is 9.84 Å². The first-order valence-corrected chi connectivity index (χ1v) is 15.0. The van der Waals surface area contributed by atoms with Gasteiger partial charge in [0.2, 0.25) is 11.8 Å². The molecule has 43 heavy (non-hydrogen) atoms. The summed E-state index contributed by atoms with van der Waals surface area (Å²) in [6, 6.07) is 16.8. The zero-order chi connectivity index (χ0) is 30.8. The van der Waals surface area contributed by atoms with Crippen LogP contribution in [0.15, 0.2) is 60.8 Å². The molecule has 1 heterocycles. The van der Waals surface area contributed by atoms with E-state index in [0.29, 0.717) is 6.42 Å². The molecule has 0 radical (unpaired) electrons. The summed E-state index contributed by atoms with van der Waals surface area (Å²) < 4.78 is 5.84. The van der Waals surface area contributed by atoms with Gasteiger partial charge in [0.15, 0.2) is 0 Å². The Balaban J connectivity index is 1.55. The summed E-state index contributed by atoms with van der Waals surface area (Å²) in [6.07, 6.45) is 5.05. The Morgan fingerprint density at radius 1 is 1.02 bits per heavy atom. The molecule has 10 nitrogen and oxygen atoms in total. The summed E-state index contributed by atoms with van der Waals surface area (Å²) in [5.41, 5.74) is 1.35. The van der Waals surface area contributed by atoms with Gasteiger partial charge in [-0.1, -0.05) is 61.9 Å². The van der Waals surface area contributed by atoms with E-state index >= 15 is 0 Å². The normalized spacial score (nSPS) is 18.7. The molecule has 4 rings (SSSR count). The number of benzene rings is 2. The van der Waals surface area contributed by atoms with Crippen molar-refractivity contribution < 1.29 is 29.0 Å². The van der Waals surface area contributed by atoms with E-state index in [1.165, 1.54) is 0 Å². The Morgan fingerprint density at radius 3 is 2.49 bits per heavy atom. The van der Waals surface area contributed by atoms with Crippen LogP contribution in [0.4, 0.5) is 4.79 Å². The molecule has 1 fully saturated rings. The van der Waals surface area contributed by atoms with Crippen LogP contribution in [-0.4, -0.2) is 58.2 Å². The van der Waals surface area contributed by atoms with Gasteiger partial charge in [-0.3, -0.25) is 14.4 Å². The molecule has 2 aromatic carbocycles. The van der Waals surface area contributed by atoms with Gasteiger partial charge >= 0.3 is 12.1 Å². The first-order chi connectivity index (χ1) is 20.6. The monoisotopic (exact) mass is 590 g/mol. The smallest absolute Gasteiger partial charge is 0.408 e. The molecular weight excluding hydrogens is 548 g/mol. The minimum absolute atomic E-state index is 0.0896. The number of nitrogens with one attached hydrogen (secondary N) is 4. The topological polar surface area (TPSA) is 150 Å². The molecule has 10 heteroatoms. The van der Waals surface area contributed by atoms with Gasteiger partial charge in [0, 0.05) is 36.5 Å². The molecule has 1 aromatic heterocycles. The van der Waals surface area contributed by atoms with Crippen LogP contribution >= 0.6 is 0 Å². The second kappa shape index (κ2) is 14.7. The third-order valence-corrected chi connectivity index (χ3v) is 8.16. The van der Waals surface area contributed by atoms with Crippen LogP contribution in [0, 0.1) is 5.92 Å². The Morgan fingerprint density at radius 2 is 1.74 bits per heavy atom. The van der Waals surface area contributed by atoms with Crippen molar-refractivity contribution >= 4 is 34.8 Å². The minimum atomic E-state index is -1.39. The quantitative estimate of drug-likeness (QED) is 0.198. The van der Waals surface area contributed by atoms with Crippen LogP contribution < -0.4 is 16.0 Å². The third-order valence-electron chi connectivity index (χ3n) is 8.16. The molecule has 1 aliphatic rings. The van der Waals surface area contributed by atoms with Gasteiger partial charge in [0.25, 0.3) is 0 Å². The molecular formula is C33H42N4O6. The van der Waals surface area contributed by atoms with E-state index in [1.807, 2.05) is 60.8 Å². The highest BCUT2D eigenvalue weighted by Gasteiger charge is 2.38. The number of carboxylic acids is 1. The summed E-state index contributed by atoms with van der Waals surface area (Å²) in [7, 11) is 0. The number of carboxylic acid groups (broad SMARTS) is 1. The van der Waals surface area contributed by atoms with E-state index in [0.717, 1.165) is 47.7 Å². The number of alkyl carbamates (subject to hydrolysis) is 1. The molecule has 5 N–H and O–H groups in total. The lowest BCUT2D eigenvalue weighted by Crippen LogP contribution is -2.61. The van der Waals surface area contributed by atoms with Crippen molar-refractivity contribution in [2.24, 2.45) is 5.92 Å². The van der Waals surface area contributed by atoms with Crippen molar-refractivity contribution in [2.45, 2.75) is 82.9 Å². The Hall–Kier alpha value is -4.34. The number of aliphatic carboxylic acids is 1. The Bertz CT molecular complexity index is 1410. The third kappa shape index (κ3) is 9.07. The highest BCUT2D eigenvalue weighted by atomic mass is 16.6. The highest BCUT2D eigenvalue weighted by molar-refractivity contribution is 5.92. The second-order valence-corrected chi connectivity index (χ2v) is 11.8. The van der Waals surface area contributed by atoms with Crippen LogP contribution in [0.1, 0.15) is 63.5 Å². The van der Waals surface area contributed by atoms with Gasteiger partial charge in [-0.15, -0.1) is 0 Å². The first-order valence-electron chi connectivity index (χ1n) is 15.0. The molecule has 4 atom stereocenters. The van der Waals surface area contributed by atoms with Crippen molar-refractivity contribution in [3.05, 3.63) is 71.9 Å². The molecule has 2 unspecified atom stereocenters. The minimum Gasteiger partial charge on any atom is -0.481 e. The largest absolute Gasteiger partial charge is 0.481 e. The number of amides is 3. The van der Waals surface area contributed by atoms with Gasteiger partial charge in [0.05, 0.1) is 12.5 Å². The van der Waals surface area contributed by atoms with Crippen LogP contribution in [-0.2, 0) is 32.0 Å². The fourth-order valence-electron chi connectivity index (χ4n) is 5.65. The summed E-state index contributed by atoms with van der Waals surface area (Å²) >= 11 is 0. The maximum atomic E-state index is 14.1. The molecule has 3 amide bonds. The van der Waals surface area contributed by atoms with Gasteiger partial charge in [-0.2, -0.15) is 0 Å². The lowest BCUT2D eigenvalue weighted by atomic mass is 9.88. The second-order valence-electron chi connectivity index (χ2n) is 11.8. The van der Waals surface area contributed by atoms with Gasteiger partial charge in [0.1, 0.15) is 11.6 Å². The standard InChI is InChI=1S/C33H42N4O6/c1-22-10-6-9-15-28(22)43-32(42)37-33(2,19-24-20-34-27-14-8-7-13-26(24)27)31(41)36-25(18-23-11-4-3-5-12-23)21-35-29(38)16-17-30(39)40/h3-5,7-8,11-14,20,22,25,28,34H,6,9-10,15-19,21H2,1-2H3,(H,35,38)(H,36,41)(H,37,42)(H,39,40)/t22?,25-,28-,33?/m1/s1. The number of hydrogen-bond donors (Lipinski definition) is 5. The molecule has 0 saturated heterocycles. The van der Waals surface area contributed by atoms with Crippen molar-refractivity contribution in [1.82, 2.24) is 20.9 Å². The summed E-state index contributed by atoms with van der Waals surface area (Å²) in [4.78, 5) is 53.8. The van der Waals surface area contributed by atoms with Gasteiger partial charge < -0.3 is 30.8 Å². The average Bonchev–Trinajstić information content (AvgIpc) is 3.38. The number of para-hydroxylation sites is 1. The summed E-state index contributed by atoms with van der Waals surface area (Å²) in [5, 5.41) is 18.6. The molecule has 0 aliphatic heterocycles. The van der Waals surface area contributed by atoms with E-state index in [1.54, 1.807) is 6.92 Å². The van der Waals surface area contributed by atoms with E-state index in [9.17, 15) is 19.2 Å². The van der Waals surface area contributed by atoms with Crippen molar-refractivity contribution in [1.29, 1.82) is 0 Å². The molecule has 0 bridgehead atoms. The average molecular weight is 591 g/mol. The maximum Gasteiger partial charge on any atom is 0.408 e. The number of H-pyrrole nitrogens is 1. The maximum absolute atomic E-state index is 14.1. The SMILES string of the molecule is CC1CCCC[C@H]1OC(=O)NC(C)(Cc1c[nH]c2ccccc12)C(=O)N[C@@H](CNC(=O)CCC(=O)O)Cc1ccccc1. The molecule has 1 saturated carbocycles. The van der Waals surface area contributed by atoms with Crippen molar-refractivity contribution in [3.8, 4) is 0 Å². The lowest BCUT2D eigenvalue weighted by molar-refractivity contribution is -0.138.